The molecular weight excluding hydrogens is 238 g/mol. The standard InChI is InChI=1S/C16H21NO2/c1-12-2-4-13(5-3-12)16(8-10-19-11-9-16)15(18)17-14-6-7-14/h2-5,14H,6-11H2,1H3,(H,17,18). The Morgan fingerprint density at radius 1 is 1.21 bits per heavy atom. The summed E-state index contributed by atoms with van der Waals surface area (Å²) >= 11 is 0. The van der Waals surface area contributed by atoms with Crippen LogP contribution in [0.1, 0.15) is 36.8 Å². The first kappa shape index (κ1) is 12.7. The lowest BCUT2D eigenvalue weighted by Gasteiger charge is -2.36. The molecule has 2 aliphatic rings. The van der Waals surface area contributed by atoms with Crippen molar-refractivity contribution in [1.82, 2.24) is 5.32 Å². The molecule has 0 unspecified atom stereocenters. The molecule has 0 spiro atoms. The Hall–Kier alpha value is -1.35. The van der Waals surface area contributed by atoms with E-state index < -0.39 is 0 Å². The van der Waals surface area contributed by atoms with Crippen LogP contribution in [0.3, 0.4) is 0 Å². The third-order valence-electron chi connectivity index (χ3n) is 4.30. The largest absolute Gasteiger partial charge is 0.381 e. The molecule has 3 heteroatoms. The summed E-state index contributed by atoms with van der Waals surface area (Å²) in [7, 11) is 0. The number of hydrogen-bond acceptors (Lipinski definition) is 2. The molecule has 1 heterocycles. The summed E-state index contributed by atoms with van der Waals surface area (Å²) in [4.78, 5) is 12.7. The number of carbonyl (C=O) groups excluding carboxylic acids is 1. The fourth-order valence-corrected chi connectivity index (χ4v) is 2.79. The van der Waals surface area contributed by atoms with Gasteiger partial charge in [0.2, 0.25) is 5.91 Å². The van der Waals surface area contributed by atoms with Crippen LogP contribution in [0.25, 0.3) is 0 Å². The Balaban J connectivity index is 1.90. The summed E-state index contributed by atoms with van der Waals surface area (Å²) in [6, 6.07) is 8.81. The van der Waals surface area contributed by atoms with Crippen molar-refractivity contribution in [1.29, 1.82) is 0 Å². The van der Waals surface area contributed by atoms with Crippen molar-refractivity contribution in [2.24, 2.45) is 0 Å². The maximum Gasteiger partial charge on any atom is 0.231 e. The normalized spacial score (nSPS) is 21.9. The number of ether oxygens (including phenoxy) is 1. The molecule has 3 rings (SSSR count). The van der Waals surface area contributed by atoms with Gasteiger partial charge in [0.05, 0.1) is 5.41 Å². The zero-order valence-corrected chi connectivity index (χ0v) is 11.4. The summed E-state index contributed by atoms with van der Waals surface area (Å²) in [6.07, 6.45) is 3.83. The van der Waals surface area contributed by atoms with Crippen molar-refractivity contribution < 1.29 is 9.53 Å². The fraction of sp³-hybridized carbons (Fsp3) is 0.562. The zero-order valence-electron chi connectivity index (χ0n) is 11.4. The minimum atomic E-state index is -0.380. The van der Waals surface area contributed by atoms with E-state index >= 15 is 0 Å². The quantitative estimate of drug-likeness (QED) is 0.904. The fourth-order valence-electron chi connectivity index (χ4n) is 2.79. The SMILES string of the molecule is Cc1ccc(C2(C(=O)NC3CC3)CCOCC2)cc1. The lowest BCUT2D eigenvalue weighted by Crippen LogP contribution is -2.48. The van der Waals surface area contributed by atoms with E-state index in [1.54, 1.807) is 0 Å². The minimum Gasteiger partial charge on any atom is -0.381 e. The van der Waals surface area contributed by atoms with E-state index in [0.717, 1.165) is 31.2 Å². The van der Waals surface area contributed by atoms with E-state index in [-0.39, 0.29) is 11.3 Å². The molecule has 3 nitrogen and oxygen atoms in total. The maximum atomic E-state index is 12.7. The van der Waals surface area contributed by atoms with Crippen molar-refractivity contribution in [2.45, 2.75) is 44.1 Å². The minimum absolute atomic E-state index is 0.196. The van der Waals surface area contributed by atoms with Crippen LogP contribution in [-0.2, 0) is 14.9 Å². The van der Waals surface area contributed by atoms with Crippen molar-refractivity contribution in [2.75, 3.05) is 13.2 Å². The molecule has 1 saturated heterocycles. The highest BCUT2D eigenvalue weighted by atomic mass is 16.5. The second-order valence-electron chi connectivity index (χ2n) is 5.81. The molecule has 1 aliphatic heterocycles. The van der Waals surface area contributed by atoms with Gasteiger partial charge in [-0.25, -0.2) is 0 Å². The van der Waals surface area contributed by atoms with Gasteiger partial charge in [0.1, 0.15) is 0 Å². The van der Waals surface area contributed by atoms with E-state index in [1.807, 2.05) is 0 Å². The molecule has 2 fully saturated rings. The van der Waals surface area contributed by atoms with Crippen LogP contribution >= 0.6 is 0 Å². The molecule has 0 atom stereocenters. The van der Waals surface area contributed by atoms with Gasteiger partial charge in [-0.3, -0.25) is 4.79 Å². The number of hydrogen-bond donors (Lipinski definition) is 1. The average molecular weight is 259 g/mol. The van der Waals surface area contributed by atoms with E-state index in [1.165, 1.54) is 5.56 Å². The lowest BCUT2D eigenvalue weighted by molar-refractivity contribution is -0.130. The van der Waals surface area contributed by atoms with Crippen LogP contribution in [0.2, 0.25) is 0 Å². The maximum absolute atomic E-state index is 12.7. The van der Waals surface area contributed by atoms with Crippen LogP contribution < -0.4 is 5.32 Å². The summed E-state index contributed by atoms with van der Waals surface area (Å²) in [5.74, 6) is 0.196. The van der Waals surface area contributed by atoms with Crippen LogP contribution in [-0.4, -0.2) is 25.2 Å². The van der Waals surface area contributed by atoms with Crippen molar-refractivity contribution >= 4 is 5.91 Å². The number of nitrogens with one attached hydrogen (secondary N) is 1. The highest BCUT2D eigenvalue weighted by molar-refractivity contribution is 5.88. The Labute approximate surface area is 114 Å². The van der Waals surface area contributed by atoms with E-state index in [4.69, 9.17) is 4.74 Å². The van der Waals surface area contributed by atoms with Crippen LogP contribution in [0, 0.1) is 6.92 Å². The Morgan fingerprint density at radius 3 is 2.42 bits per heavy atom. The van der Waals surface area contributed by atoms with Crippen LogP contribution in [0.5, 0.6) is 0 Å². The predicted octanol–water partition coefficient (Wildman–Crippen LogP) is 2.32. The highest BCUT2D eigenvalue weighted by Gasteiger charge is 2.43. The zero-order chi connectivity index (χ0) is 13.3. The molecule has 1 amide bonds. The van der Waals surface area contributed by atoms with Gasteiger partial charge in [0.25, 0.3) is 0 Å². The summed E-state index contributed by atoms with van der Waals surface area (Å²) in [5, 5.41) is 3.18. The predicted molar refractivity (Wildman–Crippen MR) is 74.1 cm³/mol. The first-order valence-electron chi connectivity index (χ1n) is 7.17. The molecule has 1 aromatic rings. The molecule has 0 bridgehead atoms. The Bertz CT molecular complexity index is 456. The van der Waals surface area contributed by atoms with E-state index in [9.17, 15) is 4.79 Å². The second-order valence-corrected chi connectivity index (χ2v) is 5.81. The van der Waals surface area contributed by atoms with Crippen LogP contribution in [0.4, 0.5) is 0 Å². The summed E-state index contributed by atoms with van der Waals surface area (Å²) < 4.78 is 5.46. The first-order valence-corrected chi connectivity index (χ1v) is 7.17. The van der Waals surface area contributed by atoms with Gasteiger partial charge in [-0.05, 0) is 38.2 Å². The van der Waals surface area contributed by atoms with Crippen LogP contribution in [0.15, 0.2) is 24.3 Å². The molecule has 1 aliphatic carbocycles. The van der Waals surface area contributed by atoms with Gasteiger partial charge >= 0.3 is 0 Å². The molecule has 1 aromatic carbocycles. The third kappa shape index (κ3) is 2.52. The number of carbonyl (C=O) groups is 1. The van der Waals surface area contributed by atoms with Gasteiger partial charge < -0.3 is 10.1 Å². The Kier molecular flexibility index (Phi) is 3.31. The monoisotopic (exact) mass is 259 g/mol. The van der Waals surface area contributed by atoms with Crippen molar-refractivity contribution in [3.63, 3.8) is 0 Å². The molecule has 0 radical (unpaired) electrons. The van der Waals surface area contributed by atoms with Gasteiger partial charge in [-0.2, -0.15) is 0 Å². The molecule has 19 heavy (non-hydrogen) atoms. The molecular formula is C16H21NO2. The van der Waals surface area contributed by atoms with Crippen molar-refractivity contribution in [3.05, 3.63) is 35.4 Å². The van der Waals surface area contributed by atoms with Gasteiger partial charge in [0.15, 0.2) is 0 Å². The first-order chi connectivity index (χ1) is 9.21. The lowest BCUT2D eigenvalue weighted by atomic mass is 9.73. The third-order valence-corrected chi connectivity index (χ3v) is 4.30. The summed E-state index contributed by atoms with van der Waals surface area (Å²) in [6.45, 7) is 3.42. The van der Waals surface area contributed by atoms with E-state index in [0.29, 0.717) is 19.3 Å². The average Bonchev–Trinajstić information content (AvgIpc) is 3.24. The van der Waals surface area contributed by atoms with E-state index in [2.05, 4.69) is 36.5 Å². The second kappa shape index (κ2) is 4.97. The smallest absolute Gasteiger partial charge is 0.231 e. The molecule has 1 N–H and O–H groups in total. The number of benzene rings is 1. The topological polar surface area (TPSA) is 38.3 Å². The van der Waals surface area contributed by atoms with Crippen molar-refractivity contribution in [3.8, 4) is 0 Å². The Morgan fingerprint density at radius 2 is 1.84 bits per heavy atom. The summed E-state index contributed by atoms with van der Waals surface area (Å²) in [5.41, 5.74) is 1.99. The molecule has 102 valence electrons. The number of aryl methyl sites for hydroxylation is 1. The van der Waals surface area contributed by atoms with Gasteiger partial charge in [0, 0.05) is 19.3 Å². The van der Waals surface area contributed by atoms with Gasteiger partial charge in [-0.1, -0.05) is 29.8 Å². The molecule has 0 aromatic heterocycles. The number of rotatable bonds is 3. The highest BCUT2D eigenvalue weighted by Crippen LogP contribution is 2.36. The molecule has 1 saturated carbocycles. The number of amides is 1. The van der Waals surface area contributed by atoms with Gasteiger partial charge in [-0.15, -0.1) is 0 Å².